The second-order valence-electron chi connectivity index (χ2n) is 7.30. The molecule has 0 spiro atoms. The van der Waals surface area contributed by atoms with E-state index in [-0.39, 0.29) is 5.56 Å². The molecule has 0 unspecified atom stereocenters. The number of aromatic nitrogens is 1. The van der Waals surface area contributed by atoms with Crippen molar-refractivity contribution in [2.24, 2.45) is 0 Å². The van der Waals surface area contributed by atoms with Gasteiger partial charge in [0.1, 0.15) is 5.75 Å². The fourth-order valence-electron chi connectivity index (χ4n) is 4.06. The first-order valence-corrected chi connectivity index (χ1v) is 10.3. The second kappa shape index (κ2) is 8.83. The Kier molecular flexibility index (Phi) is 5.80. The molecule has 0 aliphatic rings. The molecule has 3 heteroatoms. The average molecular weight is 396 g/mol. The van der Waals surface area contributed by atoms with Crippen molar-refractivity contribution in [3.8, 4) is 5.75 Å². The fourth-order valence-corrected chi connectivity index (χ4v) is 4.06. The van der Waals surface area contributed by atoms with Gasteiger partial charge >= 0.3 is 0 Å². The van der Waals surface area contributed by atoms with Gasteiger partial charge in [0.2, 0.25) is 5.56 Å². The molecular weight excluding hydrogens is 370 g/mol. The Hall–Kier alpha value is -3.59. The van der Waals surface area contributed by atoms with E-state index in [1.807, 2.05) is 36.5 Å². The van der Waals surface area contributed by atoms with E-state index in [0.29, 0.717) is 6.61 Å². The van der Waals surface area contributed by atoms with Crippen LogP contribution in [0.5, 0.6) is 5.75 Å². The molecule has 4 aromatic rings. The highest BCUT2D eigenvalue weighted by atomic mass is 16.5. The molecule has 0 radical (unpaired) electrons. The molecule has 4 rings (SSSR count). The highest BCUT2D eigenvalue weighted by Gasteiger charge is 2.38. The summed E-state index contributed by atoms with van der Waals surface area (Å²) in [5, 5.41) is 0. The second-order valence-corrected chi connectivity index (χ2v) is 7.30. The first kappa shape index (κ1) is 19.7. The molecule has 30 heavy (non-hydrogen) atoms. The summed E-state index contributed by atoms with van der Waals surface area (Å²) in [6, 6.07) is 32.6. The van der Waals surface area contributed by atoms with Gasteiger partial charge in [-0.3, -0.25) is 4.79 Å². The fraction of sp³-hybridized carbons (Fsp3) is 0.148. The molecule has 3 aromatic carbocycles. The molecule has 0 aliphatic carbocycles. The van der Waals surface area contributed by atoms with E-state index in [4.69, 9.17) is 4.74 Å². The van der Waals surface area contributed by atoms with Gasteiger partial charge in [0.25, 0.3) is 0 Å². The third-order valence-electron chi connectivity index (χ3n) is 5.37. The number of hydrogen-bond acceptors (Lipinski definition) is 2. The van der Waals surface area contributed by atoms with Gasteiger partial charge in [0, 0.05) is 12.3 Å². The van der Waals surface area contributed by atoms with Crippen LogP contribution in [0, 0.1) is 0 Å². The summed E-state index contributed by atoms with van der Waals surface area (Å²) in [7, 11) is 0. The van der Waals surface area contributed by atoms with E-state index < -0.39 is 5.41 Å². The quantitative estimate of drug-likeness (QED) is 0.417. The topological polar surface area (TPSA) is 42.1 Å². The summed E-state index contributed by atoms with van der Waals surface area (Å²) in [4.78, 5) is 14.7. The number of nitrogens with one attached hydrogen (secondary N) is 1. The minimum atomic E-state index is -0.599. The number of H-pyrrole nitrogens is 1. The summed E-state index contributed by atoms with van der Waals surface area (Å²) < 4.78 is 5.96. The highest BCUT2D eigenvalue weighted by molar-refractivity contribution is 5.60. The summed E-state index contributed by atoms with van der Waals surface area (Å²) >= 11 is 0. The monoisotopic (exact) mass is 395 g/mol. The molecule has 0 aliphatic heterocycles. The van der Waals surface area contributed by atoms with Crippen molar-refractivity contribution in [2.75, 3.05) is 6.61 Å². The highest BCUT2D eigenvalue weighted by Crippen LogP contribution is 2.45. The van der Waals surface area contributed by atoms with Crippen LogP contribution in [0.1, 0.15) is 35.6 Å². The van der Waals surface area contributed by atoms with Crippen LogP contribution in [-0.2, 0) is 5.41 Å². The molecule has 1 N–H and O–H groups in total. The van der Waals surface area contributed by atoms with Gasteiger partial charge in [-0.2, -0.15) is 0 Å². The van der Waals surface area contributed by atoms with Gasteiger partial charge in [-0.15, -0.1) is 0 Å². The number of hydrogen-bond donors (Lipinski definition) is 1. The molecule has 0 fully saturated rings. The molecule has 0 saturated heterocycles. The molecular formula is C27H25NO2. The molecule has 0 bridgehead atoms. The number of rotatable bonds is 7. The van der Waals surface area contributed by atoms with Gasteiger partial charge in [0.05, 0.1) is 12.0 Å². The van der Waals surface area contributed by atoms with E-state index in [0.717, 1.165) is 34.4 Å². The Morgan fingerprint density at radius 2 is 1.37 bits per heavy atom. The molecule has 1 aromatic heterocycles. The number of benzene rings is 3. The van der Waals surface area contributed by atoms with Crippen molar-refractivity contribution >= 4 is 0 Å². The SMILES string of the molecule is CCCOc1cccc(C(c2ccccc2)(c2ccccc2)c2ccc(=O)[nH]c2)c1. The number of pyridine rings is 1. The maximum absolute atomic E-state index is 11.9. The maximum Gasteiger partial charge on any atom is 0.247 e. The van der Waals surface area contributed by atoms with Crippen LogP contribution < -0.4 is 10.3 Å². The van der Waals surface area contributed by atoms with E-state index in [1.165, 1.54) is 0 Å². The van der Waals surface area contributed by atoms with E-state index in [2.05, 4.69) is 72.6 Å². The average Bonchev–Trinajstić information content (AvgIpc) is 2.81. The molecule has 0 amide bonds. The Balaban J connectivity index is 2.05. The predicted octanol–water partition coefficient (Wildman–Crippen LogP) is 5.55. The first-order chi connectivity index (χ1) is 14.7. The zero-order valence-electron chi connectivity index (χ0n) is 17.0. The van der Waals surface area contributed by atoms with Crippen molar-refractivity contribution in [3.05, 3.63) is 136 Å². The molecule has 3 nitrogen and oxygen atoms in total. The van der Waals surface area contributed by atoms with Gasteiger partial charge in [-0.1, -0.05) is 85.8 Å². The van der Waals surface area contributed by atoms with Crippen LogP contribution in [0.15, 0.2) is 108 Å². The van der Waals surface area contributed by atoms with Crippen molar-refractivity contribution < 1.29 is 4.74 Å². The minimum Gasteiger partial charge on any atom is -0.494 e. The van der Waals surface area contributed by atoms with E-state index in [9.17, 15) is 4.79 Å². The first-order valence-electron chi connectivity index (χ1n) is 10.3. The summed E-state index contributed by atoms with van der Waals surface area (Å²) in [5.41, 5.74) is 3.60. The normalized spacial score (nSPS) is 11.2. The van der Waals surface area contributed by atoms with Gasteiger partial charge in [-0.05, 0) is 40.8 Å². The summed E-state index contributed by atoms with van der Waals surface area (Å²) in [5.74, 6) is 0.843. The molecule has 0 atom stereocenters. The molecule has 150 valence electrons. The van der Waals surface area contributed by atoms with Crippen LogP contribution in [0.3, 0.4) is 0 Å². The lowest BCUT2D eigenvalue weighted by Crippen LogP contribution is -2.31. The Morgan fingerprint density at radius 1 is 0.733 bits per heavy atom. The lowest BCUT2D eigenvalue weighted by molar-refractivity contribution is 0.317. The van der Waals surface area contributed by atoms with Crippen LogP contribution in [-0.4, -0.2) is 11.6 Å². The van der Waals surface area contributed by atoms with Gasteiger partial charge in [-0.25, -0.2) is 0 Å². The third-order valence-corrected chi connectivity index (χ3v) is 5.37. The number of ether oxygens (including phenoxy) is 1. The zero-order valence-corrected chi connectivity index (χ0v) is 17.0. The lowest BCUT2D eigenvalue weighted by Gasteiger charge is -2.36. The van der Waals surface area contributed by atoms with E-state index >= 15 is 0 Å². The largest absolute Gasteiger partial charge is 0.494 e. The molecule has 1 heterocycles. The van der Waals surface area contributed by atoms with Crippen molar-refractivity contribution in [1.82, 2.24) is 4.98 Å². The van der Waals surface area contributed by atoms with Crippen LogP contribution in [0.4, 0.5) is 0 Å². The standard InChI is InChI=1S/C27H25NO2/c1-2-18-30-25-15-9-14-23(19-25)27(21-10-5-3-6-11-21,22-12-7-4-8-13-22)24-16-17-26(29)28-20-24/h3-17,19-20H,2,18H2,1H3,(H,28,29). The lowest BCUT2D eigenvalue weighted by atomic mass is 9.65. The Labute approximate surface area is 177 Å². The Bertz CT molecular complexity index is 1090. The summed E-state index contributed by atoms with van der Waals surface area (Å²) in [6.07, 6.45) is 2.77. The van der Waals surface area contributed by atoms with Crippen LogP contribution in [0.25, 0.3) is 0 Å². The predicted molar refractivity (Wildman–Crippen MR) is 121 cm³/mol. The summed E-state index contributed by atoms with van der Waals surface area (Å²) in [6.45, 7) is 2.77. The van der Waals surface area contributed by atoms with Gasteiger partial charge in [0.15, 0.2) is 0 Å². The van der Waals surface area contributed by atoms with Crippen molar-refractivity contribution in [2.45, 2.75) is 18.8 Å². The third kappa shape index (κ3) is 3.67. The molecule has 0 saturated carbocycles. The zero-order chi connectivity index (χ0) is 20.8. The smallest absolute Gasteiger partial charge is 0.247 e. The van der Waals surface area contributed by atoms with Crippen LogP contribution in [0.2, 0.25) is 0 Å². The van der Waals surface area contributed by atoms with Gasteiger partial charge < -0.3 is 9.72 Å². The Morgan fingerprint density at radius 3 is 1.93 bits per heavy atom. The maximum atomic E-state index is 11.9. The minimum absolute atomic E-state index is 0.117. The van der Waals surface area contributed by atoms with Crippen molar-refractivity contribution in [1.29, 1.82) is 0 Å². The van der Waals surface area contributed by atoms with Crippen LogP contribution >= 0.6 is 0 Å². The van der Waals surface area contributed by atoms with E-state index in [1.54, 1.807) is 6.07 Å². The van der Waals surface area contributed by atoms with Crippen molar-refractivity contribution in [3.63, 3.8) is 0 Å². The number of aromatic amines is 1.